The number of carbonyl (C=O) groups is 1. The fraction of sp³-hybridized carbons (Fsp3) is 0.938. The van der Waals surface area contributed by atoms with Crippen molar-refractivity contribution in [1.29, 1.82) is 0 Å². The Morgan fingerprint density at radius 3 is 1.63 bits per heavy atom. The Hall–Kier alpha value is -0.313. The zero-order chi connectivity index (χ0) is 15.2. The van der Waals surface area contributed by atoms with Crippen LogP contribution in [0.2, 0.25) is 22.7 Å². The molecule has 0 bridgehead atoms. The molecule has 0 aliphatic carbocycles. The molecular formula is C16H35NOSi. The van der Waals surface area contributed by atoms with Crippen LogP contribution in [-0.4, -0.2) is 20.5 Å². The normalized spacial score (nSPS) is 12.8. The average molecular weight is 286 g/mol. The van der Waals surface area contributed by atoms with Gasteiger partial charge in [-0.3, -0.25) is 4.79 Å². The van der Waals surface area contributed by atoms with Gasteiger partial charge in [0, 0.05) is 12.5 Å². The summed E-state index contributed by atoms with van der Waals surface area (Å²) in [6.45, 7) is 19.2. The summed E-state index contributed by atoms with van der Waals surface area (Å²) >= 11 is 0. The highest BCUT2D eigenvalue weighted by Crippen LogP contribution is 2.44. The van der Waals surface area contributed by atoms with Crippen molar-refractivity contribution >= 4 is 14.0 Å². The summed E-state index contributed by atoms with van der Waals surface area (Å²) in [7, 11) is -1.28. The second-order valence-corrected chi connectivity index (χ2v) is 13.3. The molecule has 0 rings (SSSR count). The van der Waals surface area contributed by atoms with E-state index in [0.29, 0.717) is 0 Å². The van der Waals surface area contributed by atoms with E-state index in [1.54, 1.807) is 0 Å². The summed E-state index contributed by atoms with van der Waals surface area (Å²) in [5.41, 5.74) is 2.44. The van der Waals surface area contributed by atoms with Gasteiger partial charge in [-0.25, -0.2) is 0 Å². The minimum absolute atomic E-state index is 0.0994. The Labute approximate surface area is 121 Å². The Morgan fingerprint density at radius 2 is 1.32 bits per heavy atom. The van der Waals surface area contributed by atoms with Crippen LogP contribution in [0.3, 0.4) is 0 Å². The molecule has 0 aliphatic heterocycles. The first-order chi connectivity index (χ1) is 8.66. The van der Waals surface area contributed by atoms with Gasteiger partial charge in [0.2, 0.25) is 5.91 Å². The van der Waals surface area contributed by atoms with Gasteiger partial charge in [-0.05, 0) is 6.42 Å². The van der Waals surface area contributed by atoms with Gasteiger partial charge in [0.1, 0.15) is 0 Å². The summed E-state index contributed by atoms with van der Waals surface area (Å²) in [6, 6.07) is 1.33. The molecule has 0 aromatic rings. The van der Waals surface area contributed by atoms with Crippen molar-refractivity contribution in [2.24, 2.45) is 5.92 Å². The first-order valence-corrected chi connectivity index (χ1v) is 10.4. The maximum absolute atomic E-state index is 11.6. The molecule has 3 heteroatoms. The summed E-state index contributed by atoms with van der Waals surface area (Å²) < 4.78 is 0. The summed E-state index contributed by atoms with van der Waals surface area (Å²) in [5, 5.41) is 3.05. The van der Waals surface area contributed by atoms with Gasteiger partial charge < -0.3 is 5.32 Å². The monoisotopic (exact) mass is 285 g/mol. The summed E-state index contributed by atoms with van der Waals surface area (Å²) in [4.78, 5) is 11.6. The lowest BCUT2D eigenvalue weighted by Crippen LogP contribution is -2.44. The van der Waals surface area contributed by atoms with Crippen LogP contribution in [0.25, 0.3) is 0 Å². The molecule has 0 aromatic carbocycles. The third-order valence-corrected chi connectivity index (χ3v) is 12.5. The molecule has 0 saturated heterocycles. The van der Waals surface area contributed by atoms with Crippen molar-refractivity contribution in [2.75, 3.05) is 6.54 Å². The molecule has 0 aromatic heterocycles. The Bertz CT molecular complexity index is 250. The van der Waals surface area contributed by atoms with Crippen molar-refractivity contribution in [3.63, 3.8) is 0 Å². The van der Waals surface area contributed by atoms with Crippen LogP contribution in [0.5, 0.6) is 0 Å². The Morgan fingerprint density at radius 1 is 0.895 bits per heavy atom. The Balaban J connectivity index is 4.49. The van der Waals surface area contributed by atoms with Crippen molar-refractivity contribution in [2.45, 2.75) is 84.5 Å². The van der Waals surface area contributed by atoms with Gasteiger partial charge in [-0.2, -0.15) is 0 Å². The zero-order valence-corrected chi connectivity index (χ0v) is 15.3. The number of nitrogens with one attached hydrogen (secondary N) is 1. The van der Waals surface area contributed by atoms with Crippen molar-refractivity contribution < 1.29 is 4.79 Å². The molecule has 1 N–H and O–H groups in total. The van der Waals surface area contributed by atoms with Crippen LogP contribution in [0.15, 0.2) is 0 Å². The maximum Gasteiger partial charge on any atom is 0.222 e. The van der Waals surface area contributed by atoms with Gasteiger partial charge in [-0.15, -0.1) is 0 Å². The lowest BCUT2D eigenvalue weighted by atomic mass is 10.2. The molecule has 19 heavy (non-hydrogen) atoms. The van der Waals surface area contributed by atoms with Crippen LogP contribution < -0.4 is 5.32 Å². The highest BCUT2D eigenvalue weighted by molar-refractivity contribution is 6.83. The number of hydrogen-bond acceptors (Lipinski definition) is 1. The number of hydrogen-bond donors (Lipinski definition) is 1. The van der Waals surface area contributed by atoms with E-state index < -0.39 is 8.07 Å². The van der Waals surface area contributed by atoms with Crippen LogP contribution in [-0.2, 0) is 4.79 Å². The second kappa shape index (κ2) is 8.08. The predicted octanol–water partition coefficient (Wildman–Crippen LogP) is 4.83. The van der Waals surface area contributed by atoms with E-state index in [4.69, 9.17) is 0 Å². The summed E-state index contributed by atoms with van der Waals surface area (Å²) in [6.07, 6.45) is 1.14. The fourth-order valence-electron chi connectivity index (χ4n) is 3.68. The van der Waals surface area contributed by atoms with Crippen LogP contribution in [0.4, 0.5) is 0 Å². The SMILES string of the molecule is CC(C)C(=O)NCCC[Si](C(C)C)(C(C)C)C(C)C. The van der Waals surface area contributed by atoms with Gasteiger partial charge in [0.25, 0.3) is 0 Å². The molecule has 0 atom stereocenters. The maximum atomic E-state index is 11.6. The van der Waals surface area contributed by atoms with E-state index >= 15 is 0 Å². The molecule has 114 valence electrons. The van der Waals surface area contributed by atoms with E-state index in [0.717, 1.165) is 29.6 Å². The smallest absolute Gasteiger partial charge is 0.222 e. The molecule has 0 fully saturated rings. The molecule has 0 radical (unpaired) electrons. The first-order valence-electron chi connectivity index (χ1n) is 7.93. The molecule has 0 spiro atoms. The van der Waals surface area contributed by atoms with Gasteiger partial charge in [0.15, 0.2) is 0 Å². The van der Waals surface area contributed by atoms with E-state index in [-0.39, 0.29) is 11.8 Å². The fourth-order valence-corrected chi connectivity index (χ4v) is 10.2. The van der Waals surface area contributed by atoms with Crippen molar-refractivity contribution in [1.82, 2.24) is 5.32 Å². The predicted molar refractivity (Wildman–Crippen MR) is 88.3 cm³/mol. The highest BCUT2D eigenvalue weighted by Gasteiger charge is 2.41. The quantitative estimate of drug-likeness (QED) is 0.502. The van der Waals surface area contributed by atoms with Crippen molar-refractivity contribution in [3.05, 3.63) is 0 Å². The molecule has 1 amide bonds. The lowest BCUT2D eigenvalue weighted by Gasteiger charge is -2.43. The largest absolute Gasteiger partial charge is 0.356 e. The zero-order valence-electron chi connectivity index (χ0n) is 14.3. The lowest BCUT2D eigenvalue weighted by molar-refractivity contribution is -0.123. The molecule has 0 heterocycles. The topological polar surface area (TPSA) is 29.1 Å². The van der Waals surface area contributed by atoms with Crippen LogP contribution in [0.1, 0.15) is 61.8 Å². The van der Waals surface area contributed by atoms with E-state index in [1.807, 2.05) is 13.8 Å². The molecule has 0 unspecified atom stereocenters. The number of rotatable bonds is 8. The van der Waals surface area contributed by atoms with Crippen molar-refractivity contribution in [3.8, 4) is 0 Å². The van der Waals surface area contributed by atoms with E-state index in [1.165, 1.54) is 6.04 Å². The highest BCUT2D eigenvalue weighted by atomic mass is 28.3. The number of amides is 1. The minimum Gasteiger partial charge on any atom is -0.356 e. The minimum atomic E-state index is -1.28. The molecular weight excluding hydrogens is 250 g/mol. The Kier molecular flexibility index (Phi) is 7.95. The molecule has 0 saturated carbocycles. The van der Waals surface area contributed by atoms with Gasteiger partial charge in [0.05, 0.1) is 8.07 Å². The third-order valence-electron chi connectivity index (χ3n) is 4.83. The van der Waals surface area contributed by atoms with Crippen LogP contribution in [0, 0.1) is 5.92 Å². The average Bonchev–Trinajstić information content (AvgIpc) is 2.26. The second-order valence-electron chi connectivity index (χ2n) is 7.13. The van der Waals surface area contributed by atoms with E-state index in [9.17, 15) is 4.79 Å². The van der Waals surface area contributed by atoms with Gasteiger partial charge in [-0.1, -0.05) is 78.1 Å². The third kappa shape index (κ3) is 4.94. The first kappa shape index (κ1) is 18.7. The molecule has 2 nitrogen and oxygen atoms in total. The van der Waals surface area contributed by atoms with Crippen LogP contribution >= 0.6 is 0 Å². The van der Waals surface area contributed by atoms with Gasteiger partial charge >= 0.3 is 0 Å². The standard InChI is InChI=1S/C16H35NOSi/c1-12(2)16(18)17-10-9-11-19(13(3)4,14(5)6)15(7)8/h12-15H,9-11H2,1-8H3,(H,17,18). The number of carbonyl (C=O) groups excluding carboxylic acids is 1. The van der Waals surface area contributed by atoms with E-state index in [2.05, 4.69) is 46.9 Å². The molecule has 0 aliphatic rings. The summed E-state index contributed by atoms with van der Waals surface area (Å²) in [5.74, 6) is 0.285.